The summed E-state index contributed by atoms with van der Waals surface area (Å²) in [7, 11) is 0. The number of halogens is 1. The number of fused-ring (bicyclic) bond motifs is 2. The van der Waals surface area contributed by atoms with E-state index in [2.05, 4.69) is 10.6 Å². The molecule has 1 aromatic carbocycles. The summed E-state index contributed by atoms with van der Waals surface area (Å²) in [5.41, 5.74) is 2.07. The molecule has 1 aliphatic carbocycles. The summed E-state index contributed by atoms with van der Waals surface area (Å²) in [6.07, 6.45) is 5.91. The fourth-order valence-corrected chi connectivity index (χ4v) is 3.71. The van der Waals surface area contributed by atoms with Crippen LogP contribution in [0.25, 0.3) is 11.1 Å². The fraction of sp³-hybridized carbons (Fsp3) is 0.353. The van der Waals surface area contributed by atoms with E-state index in [0.717, 1.165) is 24.1 Å². The van der Waals surface area contributed by atoms with Crippen LogP contribution in [-0.4, -0.2) is 29.2 Å². The number of aromatic nitrogens is 1. The van der Waals surface area contributed by atoms with Crippen molar-refractivity contribution in [2.75, 3.05) is 6.54 Å². The molecule has 0 spiro atoms. The van der Waals surface area contributed by atoms with E-state index in [1.54, 1.807) is 4.57 Å². The second-order valence-corrected chi connectivity index (χ2v) is 6.64. The van der Waals surface area contributed by atoms with Crippen molar-refractivity contribution in [3.8, 4) is 11.1 Å². The Morgan fingerprint density at radius 1 is 1.18 bits per heavy atom. The largest absolute Gasteiger partial charge is 0.334 e. The van der Waals surface area contributed by atoms with Crippen molar-refractivity contribution in [1.82, 2.24) is 15.2 Å². The summed E-state index contributed by atoms with van der Waals surface area (Å²) in [6.45, 7) is 1.03. The molecule has 4 rings (SSSR count). The minimum Gasteiger partial charge on any atom is -0.334 e. The third-order valence-corrected chi connectivity index (χ3v) is 5.03. The van der Waals surface area contributed by atoms with Gasteiger partial charge >= 0.3 is 6.03 Å². The van der Waals surface area contributed by atoms with Crippen molar-refractivity contribution in [1.29, 1.82) is 0 Å². The standard InChI is InChI=1S/C17H18ClN3O/c18-14-3-1-11(2-4-14)12-5-6-21(10-12)17(22)20-16-8-15-7-13(16)9-19-15/h1-6,10,13,15-16,19H,7-9H2,(H,20,22). The van der Waals surface area contributed by atoms with E-state index < -0.39 is 0 Å². The van der Waals surface area contributed by atoms with Crippen molar-refractivity contribution >= 4 is 17.6 Å². The Hall–Kier alpha value is -1.78. The van der Waals surface area contributed by atoms with Crippen molar-refractivity contribution in [2.45, 2.75) is 24.9 Å². The molecule has 1 saturated carbocycles. The van der Waals surface area contributed by atoms with Gasteiger partial charge in [0, 0.05) is 36.0 Å². The Kier molecular flexibility index (Phi) is 3.43. The highest BCUT2D eigenvalue weighted by atomic mass is 35.5. The van der Waals surface area contributed by atoms with Crippen LogP contribution >= 0.6 is 11.6 Å². The lowest BCUT2D eigenvalue weighted by Gasteiger charge is -2.23. The van der Waals surface area contributed by atoms with Gasteiger partial charge in [0.2, 0.25) is 0 Å². The molecule has 5 heteroatoms. The van der Waals surface area contributed by atoms with Gasteiger partial charge in [-0.05, 0) is 48.1 Å². The zero-order valence-corrected chi connectivity index (χ0v) is 12.9. The molecule has 0 radical (unpaired) electrons. The Bertz CT molecular complexity index is 694. The lowest BCUT2D eigenvalue weighted by molar-refractivity contribution is 0.233. The first-order chi connectivity index (χ1) is 10.7. The number of carbonyl (C=O) groups excluding carboxylic acids is 1. The normalized spacial score (nSPS) is 26.3. The van der Waals surface area contributed by atoms with Gasteiger partial charge < -0.3 is 10.6 Å². The molecule has 2 aliphatic rings. The van der Waals surface area contributed by atoms with Crippen molar-refractivity contribution in [2.24, 2.45) is 5.92 Å². The summed E-state index contributed by atoms with van der Waals surface area (Å²) in [4.78, 5) is 12.4. The van der Waals surface area contributed by atoms with Crippen LogP contribution in [0.3, 0.4) is 0 Å². The van der Waals surface area contributed by atoms with E-state index in [-0.39, 0.29) is 6.03 Å². The van der Waals surface area contributed by atoms with Gasteiger partial charge in [-0.1, -0.05) is 23.7 Å². The highest BCUT2D eigenvalue weighted by Crippen LogP contribution is 2.31. The quantitative estimate of drug-likeness (QED) is 0.894. The summed E-state index contributed by atoms with van der Waals surface area (Å²) < 4.78 is 1.63. The van der Waals surface area contributed by atoms with E-state index in [0.29, 0.717) is 23.0 Å². The number of rotatable bonds is 2. The van der Waals surface area contributed by atoms with Crippen LogP contribution in [0.5, 0.6) is 0 Å². The summed E-state index contributed by atoms with van der Waals surface area (Å²) in [5, 5.41) is 7.34. The molecule has 22 heavy (non-hydrogen) atoms. The molecule has 4 nitrogen and oxygen atoms in total. The van der Waals surface area contributed by atoms with E-state index in [4.69, 9.17) is 11.6 Å². The molecular formula is C17H18ClN3O. The summed E-state index contributed by atoms with van der Waals surface area (Å²) >= 11 is 5.91. The maximum absolute atomic E-state index is 12.4. The van der Waals surface area contributed by atoms with Gasteiger partial charge in [-0.25, -0.2) is 4.79 Å². The number of hydrogen-bond donors (Lipinski definition) is 2. The lowest BCUT2D eigenvalue weighted by Crippen LogP contribution is -2.45. The topological polar surface area (TPSA) is 46.1 Å². The number of amides is 1. The van der Waals surface area contributed by atoms with Crippen LogP contribution in [-0.2, 0) is 0 Å². The monoisotopic (exact) mass is 315 g/mol. The Labute approximate surface area is 134 Å². The Morgan fingerprint density at radius 3 is 2.68 bits per heavy atom. The molecule has 2 bridgehead atoms. The SMILES string of the molecule is O=C(NC1CC2CC1CN2)n1ccc(-c2ccc(Cl)cc2)c1. The van der Waals surface area contributed by atoms with Gasteiger partial charge in [0.05, 0.1) is 0 Å². The minimum absolute atomic E-state index is 0.0437. The lowest BCUT2D eigenvalue weighted by atomic mass is 10.0. The molecule has 2 aromatic rings. The molecule has 114 valence electrons. The average molecular weight is 316 g/mol. The Balaban J connectivity index is 1.46. The first kappa shape index (κ1) is 13.9. The number of nitrogens with zero attached hydrogens (tertiary/aromatic N) is 1. The average Bonchev–Trinajstić information content (AvgIpc) is 3.24. The molecule has 1 amide bonds. The van der Waals surface area contributed by atoms with Crippen molar-refractivity contribution in [3.05, 3.63) is 47.7 Å². The third kappa shape index (κ3) is 2.53. The van der Waals surface area contributed by atoms with E-state index in [1.807, 2.05) is 42.7 Å². The predicted octanol–water partition coefficient (Wildman–Crippen LogP) is 3.12. The number of nitrogens with one attached hydrogen (secondary N) is 2. The zero-order valence-electron chi connectivity index (χ0n) is 12.1. The van der Waals surface area contributed by atoms with Gasteiger partial charge in [0.25, 0.3) is 0 Å². The van der Waals surface area contributed by atoms with Crippen molar-refractivity contribution in [3.63, 3.8) is 0 Å². The van der Waals surface area contributed by atoms with Crippen LogP contribution in [0, 0.1) is 5.92 Å². The minimum atomic E-state index is -0.0437. The van der Waals surface area contributed by atoms with Crippen molar-refractivity contribution < 1.29 is 4.79 Å². The summed E-state index contributed by atoms with van der Waals surface area (Å²) in [5.74, 6) is 0.584. The number of piperidine rings is 1. The van der Waals surface area contributed by atoms with Crippen LogP contribution in [0.2, 0.25) is 5.02 Å². The highest BCUT2D eigenvalue weighted by Gasteiger charge is 2.40. The van der Waals surface area contributed by atoms with E-state index in [1.165, 1.54) is 6.42 Å². The van der Waals surface area contributed by atoms with Gasteiger partial charge in [-0.3, -0.25) is 4.57 Å². The van der Waals surface area contributed by atoms with Gasteiger partial charge in [-0.15, -0.1) is 0 Å². The zero-order chi connectivity index (χ0) is 15.1. The molecule has 2 N–H and O–H groups in total. The molecule has 1 aromatic heterocycles. The number of hydrogen-bond acceptors (Lipinski definition) is 2. The molecule has 2 fully saturated rings. The second kappa shape index (κ2) is 5.45. The van der Waals surface area contributed by atoms with E-state index >= 15 is 0 Å². The first-order valence-electron chi connectivity index (χ1n) is 7.67. The number of carbonyl (C=O) groups is 1. The predicted molar refractivity (Wildman–Crippen MR) is 87.1 cm³/mol. The number of benzene rings is 1. The van der Waals surface area contributed by atoms with Gasteiger partial charge in [-0.2, -0.15) is 0 Å². The van der Waals surface area contributed by atoms with Crippen LogP contribution < -0.4 is 10.6 Å². The Morgan fingerprint density at radius 2 is 2.00 bits per heavy atom. The molecule has 3 atom stereocenters. The van der Waals surface area contributed by atoms with Crippen LogP contribution in [0.15, 0.2) is 42.7 Å². The third-order valence-electron chi connectivity index (χ3n) is 4.78. The smallest absolute Gasteiger partial charge is 0.325 e. The van der Waals surface area contributed by atoms with Crippen LogP contribution in [0.4, 0.5) is 4.79 Å². The van der Waals surface area contributed by atoms with Gasteiger partial charge in [0.1, 0.15) is 0 Å². The maximum atomic E-state index is 12.4. The highest BCUT2D eigenvalue weighted by molar-refractivity contribution is 6.30. The molecule has 1 aliphatic heterocycles. The maximum Gasteiger partial charge on any atom is 0.325 e. The summed E-state index contributed by atoms with van der Waals surface area (Å²) in [6, 6.07) is 10.4. The molecule has 2 heterocycles. The van der Waals surface area contributed by atoms with Gasteiger partial charge in [0.15, 0.2) is 0 Å². The second-order valence-electron chi connectivity index (χ2n) is 6.21. The molecule has 3 unspecified atom stereocenters. The van der Waals surface area contributed by atoms with Crippen LogP contribution in [0.1, 0.15) is 12.8 Å². The molecule has 1 saturated heterocycles. The molecular weight excluding hydrogens is 298 g/mol. The fourth-order valence-electron chi connectivity index (χ4n) is 3.58. The van der Waals surface area contributed by atoms with E-state index in [9.17, 15) is 4.79 Å². The first-order valence-corrected chi connectivity index (χ1v) is 8.05.